The number of nitro benzene ring substituents is 1. The Kier molecular flexibility index (Phi) is 8.17. The van der Waals surface area contributed by atoms with Crippen LogP contribution in [0.25, 0.3) is 0 Å². The summed E-state index contributed by atoms with van der Waals surface area (Å²) >= 11 is 0. The topological polar surface area (TPSA) is 131 Å². The lowest BCUT2D eigenvalue weighted by atomic mass is 10.2. The van der Waals surface area contributed by atoms with Crippen LogP contribution >= 0.6 is 0 Å². The van der Waals surface area contributed by atoms with E-state index >= 15 is 0 Å². The molecule has 1 N–H and O–H groups in total. The smallest absolute Gasteiger partial charge is 0.271 e. The minimum atomic E-state index is -3.89. The summed E-state index contributed by atoms with van der Waals surface area (Å²) in [5.74, 6) is -0.396. The molecule has 2 rings (SSSR count). The van der Waals surface area contributed by atoms with Gasteiger partial charge in [-0.2, -0.15) is 0 Å². The number of nitrogens with zero attached hydrogens (tertiary/aromatic N) is 3. The number of hydrogen-bond donors (Lipinski definition) is 1. The molecule has 29 heavy (non-hydrogen) atoms. The lowest BCUT2D eigenvalue weighted by molar-refractivity contribution is -0.384. The number of nitrogens with one attached hydrogen (secondary N) is 1. The zero-order valence-electron chi connectivity index (χ0n) is 16.5. The number of carbonyl (C=O) groups is 1. The van der Waals surface area contributed by atoms with Crippen LogP contribution in [0.2, 0.25) is 0 Å². The van der Waals surface area contributed by atoms with Crippen molar-refractivity contribution in [3.63, 3.8) is 0 Å². The van der Waals surface area contributed by atoms with E-state index in [1.54, 1.807) is 0 Å². The first-order chi connectivity index (χ1) is 13.7. The van der Waals surface area contributed by atoms with Gasteiger partial charge in [-0.05, 0) is 19.0 Å². The number of rotatable bonds is 10. The van der Waals surface area contributed by atoms with Crippen molar-refractivity contribution >= 4 is 27.3 Å². The number of hydrogen-bond acceptors (Lipinski definition) is 8. The number of sulfonamides is 1. The molecule has 1 aromatic carbocycles. The van der Waals surface area contributed by atoms with Gasteiger partial charge in [0.1, 0.15) is 18.0 Å². The van der Waals surface area contributed by atoms with Gasteiger partial charge in [-0.1, -0.05) is 0 Å². The Labute approximate surface area is 169 Å². The van der Waals surface area contributed by atoms with Crippen LogP contribution in [0.15, 0.2) is 18.2 Å². The highest BCUT2D eigenvalue weighted by Gasteiger charge is 2.26. The molecule has 11 nitrogen and oxygen atoms in total. The van der Waals surface area contributed by atoms with Gasteiger partial charge < -0.3 is 14.8 Å². The largest absolute Gasteiger partial charge is 0.495 e. The molecule has 1 aliphatic heterocycles. The summed E-state index contributed by atoms with van der Waals surface area (Å²) in [7, 11) is -2.57. The van der Waals surface area contributed by atoms with Gasteiger partial charge in [-0.15, -0.1) is 0 Å². The Morgan fingerprint density at radius 1 is 1.38 bits per heavy atom. The maximum Gasteiger partial charge on any atom is 0.271 e. The molecule has 1 aromatic rings. The van der Waals surface area contributed by atoms with Crippen LogP contribution in [0.4, 0.5) is 11.4 Å². The SMILES string of the molecule is COc1ccc([N+](=O)[O-])cc1N(CC(=O)NCCCN1CCOCC1)S(C)(=O)=O. The van der Waals surface area contributed by atoms with E-state index in [0.717, 1.165) is 36.3 Å². The summed E-state index contributed by atoms with van der Waals surface area (Å²) < 4.78 is 35.7. The molecule has 0 unspecified atom stereocenters. The van der Waals surface area contributed by atoms with E-state index in [4.69, 9.17) is 9.47 Å². The fourth-order valence-electron chi connectivity index (χ4n) is 2.91. The molecule has 1 saturated heterocycles. The number of anilines is 1. The average Bonchev–Trinajstić information content (AvgIpc) is 2.69. The third-order valence-corrected chi connectivity index (χ3v) is 5.53. The number of morpholine rings is 1. The summed E-state index contributed by atoms with van der Waals surface area (Å²) in [5.41, 5.74) is -0.368. The van der Waals surface area contributed by atoms with Crippen molar-refractivity contribution in [2.75, 3.05) is 63.6 Å². The first-order valence-corrected chi connectivity index (χ1v) is 10.9. The molecule has 0 atom stereocenters. The van der Waals surface area contributed by atoms with Crippen LogP contribution in [-0.4, -0.2) is 83.5 Å². The molecule has 0 bridgehead atoms. The highest BCUT2D eigenvalue weighted by atomic mass is 32.2. The van der Waals surface area contributed by atoms with E-state index in [2.05, 4.69) is 10.2 Å². The number of nitro groups is 1. The fraction of sp³-hybridized carbons (Fsp3) is 0.588. The summed E-state index contributed by atoms with van der Waals surface area (Å²) in [4.78, 5) is 25.0. The van der Waals surface area contributed by atoms with E-state index in [0.29, 0.717) is 26.2 Å². The van der Waals surface area contributed by atoms with E-state index in [-0.39, 0.29) is 17.1 Å². The van der Waals surface area contributed by atoms with Crippen molar-refractivity contribution < 1.29 is 27.6 Å². The van der Waals surface area contributed by atoms with Crippen LogP contribution in [-0.2, 0) is 19.6 Å². The second-order valence-electron chi connectivity index (χ2n) is 6.54. The van der Waals surface area contributed by atoms with Gasteiger partial charge in [-0.3, -0.25) is 24.1 Å². The van der Waals surface area contributed by atoms with Crippen molar-refractivity contribution in [2.24, 2.45) is 0 Å². The van der Waals surface area contributed by atoms with Crippen LogP contribution in [0.5, 0.6) is 5.75 Å². The molecular formula is C17H26N4O7S. The molecule has 162 valence electrons. The van der Waals surface area contributed by atoms with Crippen molar-refractivity contribution in [3.8, 4) is 5.75 Å². The second-order valence-corrected chi connectivity index (χ2v) is 8.45. The minimum Gasteiger partial charge on any atom is -0.495 e. The monoisotopic (exact) mass is 430 g/mol. The summed E-state index contributed by atoms with van der Waals surface area (Å²) in [6, 6.07) is 3.58. The van der Waals surface area contributed by atoms with Crippen molar-refractivity contribution in [2.45, 2.75) is 6.42 Å². The van der Waals surface area contributed by atoms with Crippen molar-refractivity contribution in [1.82, 2.24) is 10.2 Å². The van der Waals surface area contributed by atoms with Crippen LogP contribution in [0, 0.1) is 10.1 Å². The molecule has 1 amide bonds. The standard InChI is InChI=1S/C17H26N4O7S/c1-27-16-5-4-14(21(23)24)12-15(16)20(29(2,25)26)13-17(22)18-6-3-7-19-8-10-28-11-9-19/h4-5,12H,3,6-11,13H2,1-2H3,(H,18,22). The number of non-ortho nitro benzene ring substituents is 1. The Bertz CT molecular complexity index is 825. The van der Waals surface area contributed by atoms with Crippen molar-refractivity contribution in [3.05, 3.63) is 28.3 Å². The summed E-state index contributed by atoms with van der Waals surface area (Å²) in [6.07, 6.45) is 1.64. The maximum atomic E-state index is 12.3. The van der Waals surface area contributed by atoms with Gasteiger partial charge in [0, 0.05) is 31.8 Å². The average molecular weight is 430 g/mol. The highest BCUT2D eigenvalue weighted by Crippen LogP contribution is 2.33. The third-order valence-electron chi connectivity index (χ3n) is 4.41. The van der Waals surface area contributed by atoms with Crippen molar-refractivity contribution in [1.29, 1.82) is 0 Å². The predicted octanol–water partition coefficient (Wildman–Crippen LogP) is 0.208. The predicted molar refractivity (Wildman–Crippen MR) is 107 cm³/mol. The zero-order chi connectivity index (χ0) is 21.4. The van der Waals surface area contributed by atoms with Crippen LogP contribution in [0.1, 0.15) is 6.42 Å². The Morgan fingerprint density at radius 2 is 2.07 bits per heavy atom. The molecule has 1 aliphatic rings. The number of methoxy groups -OCH3 is 1. The van der Waals surface area contributed by atoms with Gasteiger partial charge in [0.2, 0.25) is 15.9 Å². The summed E-state index contributed by atoms with van der Waals surface area (Å²) in [5, 5.41) is 13.7. The minimum absolute atomic E-state index is 0.0623. The lowest BCUT2D eigenvalue weighted by Gasteiger charge is -2.26. The van der Waals surface area contributed by atoms with E-state index in [9.17, 15) is 23.3 Å². The molecule has 0 spiro atoms. The molecule has 1 fully saturated rings. The van der Waals surface area contributed by atoms with Gasteiger partial charge in [0.05, 0.1) is 31.5 Å². The molecule has 12 heteroatoms. The summed E-state index contributed by atoms with van der Waals surface area (Å²) in [6.45, 7) is 3.78. The Hall–Kier alpha value is -2.44. The number of ether oxygens (including phenoxy) is 2. The Balaban J connectivity index is 2.02. The zero-order valence-corrected chi connectivity index (χ0v) is 17.3. The molecule has 0 aliphatic carbocycles. The molecule has 0 radical (unpaired) electrons. The quantitative estimate of drug-likeness (QED) is 0.317. The Morgan fingerprint density at radius 3 is 2.66 bits per heavy atom. The van der Waals surface area contributed by atoms with Gasteiger partial charge in [-0.25, -0.2) is 8.42 Å². The number of carbonyl (C=O) groups excluding carboxylic acids is 1. The molecule has 0 saturated carbocycles. The maximum absolute atomic E-state index is 12.3. The normalized spacial score (nSPS) is 15.0. The fourth-order valence-corrected chi connectivity index (χ4v) is 3.76. The first kappa shape index (κ1) is 22.8. The lowest BCUT2D eigenvalue weighted by Crippen LogP contribution is -2.42. The molecule has 0 aromatic heterocycles. The van der Waals surface area contributed by atoms with Gasteiger partial charge >= 0.3 is 0 Å². The van der Waals surface area contributed by atoms with E-state index < -0.39 is 27.4 Å². The van der Waals surface area contributed by atoms with Gasteiger partial charge in [0.15, 0.2) is 0 Å². The molecular weight excluding hydrogens is 404 g/mol. The first-order valence-electron chi connectivity index (χ1n) is 9.09. The number of benzene rings is 1. The molecule has 1 heterocycles. The van der Waals surface area contributed by atoms with Gasteiger partial charge in [0.25, 0.3) is 5.69 Å². The van der Waals surface area contributed by atoms with Crippen LogP contribution < -0.4 is 14.4 Å². The van der Waals surface area contributed by atoms with E-state index in [1.807, 2.05) is 0 Å². The van der Waals surface area contributed by atoms with E-state index in [1.165, 1.54) is 19.2 Å². The second kappa shape index (κ2) is 10.4. The number of amides is 1. The highest BCUT2D eigenvalue weighted by molar-refractivity contribution is 7.92. The third kappa shape index (κ3) is 6.84. The van der Waals surface area contributed by atoms with Crippen LogP contribution in [0.3, 0.4) is 0 Å².